The van der Waals surface area contributed by atoms with Crippen LogP contribution in [0, 0.1) is 18.6 Å². The van der Waals surface area contributed by atoms with Crippen LogP contribution in [-0.4, -0.2) is 5.78 Å². The first-order valence-corrected chi connectivity index (χ1v) is 6.50. The Morgan fingerprint density at radius 2 is 1.89 bits per heavy atom. The lowest BCUT2D eigenvalue weighted by Crippen LogP contribution is -2.07. The van der Waals surface area contributed by atoms with Crippen molar-refractivity contribution in [2.75, 3.05) is 0 Å². The maximum Gasteiger partial charge on any atom is 0.167 e. The number of rotatable bonds is 3. The molecular formula is C15H11BrF2O. The molecule has 4 heteroatoms. The summed E-state index contributed by atoms with van der Waals surface area (Å²) in [7, 11) is 0. The van der Waals surface area contributed by atoms with Gasteiger partial charge in [0.15, 0.2) is 5.78 Å². The van der Waals surface area contributed by atoms with Crippen LogP contribution >= 0.6 is 15.9 Å². The van der Waals surface area contributed by atoms with E-state index in [1.165, 1.54) is 18.2 Å². The Balaban J connectivity index is 2.30. The predicted molar refractivity (Wildman–Crippen MR) is 73.3 cm³/mol. The molecule has 0 unspecified atom stereocenters. The van der Waals surface area contributed by atoms with Crippen LogP contribution in [0.15, 0.2) is 40.9 Å². The van der Waals surface area contributed by atoms with Crippen LogP contribution < -0.4 is 0 Å². The maximum absolute atomic E-state index is 13.6. The Hall–Kier alpha value is -1.55. The summed E-state index contributed by atoms with van der Waals surface area (Å²) in [5.41, 5.74) is 1.27. The van der Waals surface area contributed by atoms with Crippen molar-refractivity contribution in [1.29, 1.82) is 0 Å². The Labute approximate surface area is 118 Å². The number of ketones is 1. The molecule has 0 saturated heterocycles. The number of hydrogen-bond acceptors (Lipinski definition) is 1. The quantitative estimate of drug-likeness (QED) is 0.762. The van der Waals surface area contributed by atoms with Gasteiger partial charge in [-0.1, -0.05) is 22.0 Å². The van der Waals surface area contributed by atoms with E-state index >= 15 is 0 Å². The summed E-state index contributed by atoms with van der Waals surface area (Å²) in [6.45, 7) is 1.73. The zero-order valence-corrected chi connectivity index (χ0v) is 11.8. The summed E-state index contributed by atoms with van der Waals surface area (Å²) in [6, 6.07) is 8.45. The molecule has 0 aromatic heterocycles. The number of aryl methyl sites for hydroxylation is 1. The van der Waals surface area contributed by atoms with Crippen LogP contribution in [0.2, 0.25) is 0 Å². The van der Waals surface area contributed by atoms with Crippen LogP contribution in [-0.2, 0) is 6.42 Å². The van der Waals surface area contributed by atoms with Crippen LogP contribution in [0.4, 0.5) is 8.78 Å². The summed E-state index contributed by atoms with van der Waals surface area (Å²) >= 11 is 3.23. The topological polar surface area (TPSA) is 17.1 Å². The van der Waals surface area contributed by atoms with Crippen LogP contribution in [0.1, 0.15) is 21.5 Å². The zero-order valence-electron chi connectivity index (χ0n) is 10.2. The molecule has 0 aliphatic heterocycles. The van der Waals surface area contributed by atoms with Crippen molar-refractivity contribution in [3.63, 3.8) is 0 Å². The molecule has 0 bridgehead atoms. The molecule has 0 amide bonds. The summed E-state index contributed by atoms with van der Waals surface area (Å²) in [5, 5.41) is 0. The molecule has 0 heterocycles. The van der Waals surface area contributed by atoms with Crippen molar-refractivity contribution < 1.29 is 13.6 Å². The van der Waals surface area contributed by atoms with Crippen LogP contribution in [0.25, 0.3) is 0 Å². The molecular weight excluding hydrogens is 314 g/mol. The number of benzene rings is 2. The van der Waals surface area contributed by atoms with Gasteiger partial charge >= 0.3 is 0 Å². The van der Waals surface area contributed by atoms with Gasteiger partial charge < -0.3 is 0 Å². The maximum atomic E-state index is 13.6. The lowest BCUT2D eigenvalue weighted by atomic mass is 9.99. The normalized spacial score (nSPS) is 10.5. The molecule has 0 N–H and O–H groups in total. The molecule has 0 radical (unpaired) electrons. The van der Waals surface area contributed by atoms with Gasteiger partial charge in [0.1, 0.15) is 11.6 Å². The smallest absolute Gasteiger partial charge is 0.167 e. The number of hydrogen-bond donors (Lipinski definition) is 0. The first-order valence-electron chi connectivity index (χ1n) is 5.70. The van der Waals surface area contributed by atoms with Crippen molar-refractivity contribution in [1.82, 2.24) is 0 Å². The first kappa shape index (κ1) is 13.9. The van der Waals surface area contributed by atoms with E-state index in [1.807, 2.05) is 0 Å². The molecule has 0 fully saturated rings. The van der Waals surface area contributed by atoms with E-state index in [9.17, 15) is 13.6 Å². The highest BCUT2D eigenvalue weighted by molar-refractivity contribution is 9.10. The second-order valence-corrected chi connectivity index (χ2v) is 5.21. The summed E-state index contributed by atoms with van der Waals surface area (Å²) in [5.74, 6) is -1.21. The van der Waals surface area contributed by atoms with E-state index in [2.05, 4.69) is 15.9 Å². The molecule has 2 aromatic rings. The second-order valence-electron chi connectivity index (χ2n) is 4.29. The van der Waals surface area contributed by atoms with Gasteiger partial charge in [-0.25, -0.2) is 8.78 Å². The van der Waals surface area contributed by atoms with Gasteiger partial charge in [-0.05, 0) is 48.4 Å². The van der Waals surface area contributed by atoms with E-state index in [1.54, 1.807) is 25.1 Å². The SMILES string of the molecule is Cc1ccc(F)cc1C(=O)Cc1cc(Br)ccc1F. The summed E-state index contributed by atoms with van der Waals surface area (Å²) in [4.78, 5) is 12.1. The average molecular weight is 325 g/mol. The highest BCUT2D eigenvalue weighted by Crippen LogP contribution is 2.19. The highest BCUT2D eigenvalue weighted by atomic mass is 79.9. The summed E-state index contributed by atoms with van der Waals surface area (Å²) < 4.78 is 27.4. The fourth-order valence-electron chi connectivity index (χ4n) is 1.84. The molecule has 0 aliphatic carbocycles. The van der Waals surface area contributed by atoms with E-state index in [4.69, 9.17) is 0 Å². The van der Waals surface area contributed by atoms with Gasteiger partial charge in [-0.2, -0.15) is 0 Å². The molecule has 19 heavy (non-hydrogen) atoms. The van der Waals surface area contributed by atoms with Crippen molar-refractivity contribution in [2.45, 2.75) is 13.3 Å². The van der Waals surface area contributed by atoms with Gasteiger partial charge in [-0.3, -0.25) is 4.79 Å². The minimum absolute atomic E-state index is 0.0877. The number of carbonyl (C=O) groups excluding carboxylic acids is 1. The van der Waals surface area contributed by atoms with E-state index in [0.717, 1.165) is 0 Å². The third kappa shape index (κ3) is 3.26. The fourth-order valence-corrected chi connectivity index (χ4v) is 2.25. The van der Waals surface area contributed by atoms with Gasteiger partial charge in [-0.15, -0.1) is 0 Å². The monoisotopic (exact) mass is 324 g/mol. The van der Waals surface area contributed by atoms with E-state index in [0.29, 0.717) is 21.2 Å². The number of carbonyl (C=O) groups is 1. The van der Waals surface area contributed by atoms with Crippen LogP contribution in [0.3, 0.4) is 0 Å². The third-order valence-corrected chi connectivity index (χ3v) is 3.35. The van der Waals surface area contributed by atoms with E-state index < -0.39 is 11.6 Å². The third-order valence-electron chi connectivity index (χ3n) is 2.86. The fraction of sp³-hybridized carbons (Fsp3) is 0.133. The lowest BCUT2D eigenvalue weighted by molar-refractivity contribution is 0.0991. The Kier molecular flexibility index (Phi) is 4.10. The zero-order chi connectivity index (χ0) is 14.0. The van der Waals surface area contributed by atoms with Crippen molar-refractivity contribution in [3.8, 4) is 0 Å². The Morgan fingerprint density at radius 3 is 2.63 bits per heavy atom. The number of Topliss-reactive ketones (excluding diaryl/α,β-unsaturated/α-hetero) is 1. The largest absolute Gasteiger partial charge is 0.294 e. The molecule has 98 valence electrons. The minimum atomic E-state index is -0.469. The second kappa shape index (κ2) is 5.61. The molecule has 1 nitrogen and oxygen atoms in total. The lowest BCUT2D eigenvalue weighted by Gasteiger charge is -2.06. The van der Waals surface area contributed by atoms with E-state index in [-0.39, 0.29) is 12.2 Å². The Bertz CT molecular complexity index is 638. The van der Waals surface area contributed by atoms with Gasteiger partial charge in [0.25, 0.3) is 0 Å². The van der Waals surface area contributed by atoms with Gasteiger partial charge in [0, 0.05) is 16.5 Å². The highest BCUT2D eigenvalue weighted by Gasteiger charge is 2.13. The molecule has 0 spiro atoms. The van der Waals surface area contributed by atoms with Gasteiger partial charge in [0.2, 0.25) is 0 Å². The molecule has 0 saturated carbocycles. The molecule has 0 atom stereocenters. The van der Waals surface area contributed by atoms with Crippen molar-refractivity contribution >= 4 is 21.7 Å². The first-order chi connectivity index (χ1) is 8.97. The molecule has 0 aliphatic rings. The average Bonchev–Trinajstić information content (AvgIpc) is 2.36. The Morgan fingerprint density at radius 1 is 1.16 bits per heavy atom. The van der Waals surface area contributed by atoms with Crippen molar-refractivity contribution in [2.24, 2.45) is 0 Å². The number of halogens is 3. The molecule has 2 aromatic carbocycles. The standard InChI is InChI=1S/C15H11BrF2O/c1-9-2-4-12(17)8-13(9)15(19)7-10-6-11(16)3-5-14(10)18/h2-6,8H,7H2,1H3. The summed E-state index contributed by atoms with van der Waals surface area (Å²) in [6.07, 6.45) is -0.0877. The molecule has 2 rings (SSSR count). The van der Waals surface area contributed by atoms with Crippen molar-refractivity contribution in [3.05, 3.63) is 69.2 Å². The van der Waals surface area contributed by atoms with Crippen LogP contribution in [0.5, 0.6) is 0 Å². The minimum Gasteiger partial charge on any atom is -0.294 e. The van der Waals surface area contributed by atoms with Gasteiger partial charge in [0.05, 0.1) is 0 Å². The predicted octanol–water partition coefficient (Wildman–Crippen LogP) is 4.46.